The molecule has 0 aromatic carbocycles. The molecule has 1 amide bonds. The molecule has 1 saturated heterocycles. The number of pyridine rings is 1. The van der Waals surface area contributed by atoms with Gasteiger partial charge in [-0.3, -0.25) is 9.78 Å². The van der Waals surface area contributed by atoms with Crippen LogP contribution in [0.25, 0.3) is 0 Å². The average Bonchev–Trinajstić information content (AvgIpc) is 2.79. The zero-order valence-corrected chi connectivity index (χ0v) is 13.2. The summed E-state index contributed by atoms with van der Waals surface area (Å²) in [6.45, 7) is 1.22. The third-order valence-corrected chi connectivity index (χ3v) is 5.38. The molecule has 1 aromatic heterocycles. The Morgan fingerprint density at radius 1 is 1.29 bits per heavy atom. The number of likely N-dealkylation sites (N-methyl/N-ethyl adjacent to an activating group) is 1. The first-order valence-electron chi connectivity index (χ1n) is 6.95. The maximum atomic E-state index is 12.6. The van der Waals surface area contributed by atoms with Crippen molar-refractivity contribution in [3.63, 3.8) is 0 Å². The highest BCUT2D eigenvalue weighted by Crippen LogP contribution is 2.19. The van der Waals surface area contributed by atoms with Gasteiger partial charge in [0.05, 0.1) is 11.5 Å². The van der Waals surface area contributed by atoms with Gasteiger partial charge in [-0.1, -0.05) is 0 Å². The molecule has 1 atom stereocenters. The lowest BCUT2D eigenvalue weighted by atomic mass is 10.1. The summed E-state index contributed by atoms with van der Waals surface area (Å²) in [4.78, 5) is 20.2. The van der Waals surface area contributed by atoms with E-state index in [1.54, 1.807) is 29.4 Å². The van der Waals surface area contributed by atoms with Gasteiger partial charge >= 0.3 is 0 Å². The molecule has 0 spiro atoms. The van der Waals surface area contributed by atoms with Crippen LogP contribution >= 0.6 is 0 Å². The van der Waals surface area contributed by atoms with Gasteiger partial charge in [0, 0.05) is 37.1 Å². The molecule has 6 nitrogen and oxygen atoms in total. The molecular formula is C14H21N3O3S. The second kappa shape index (κ2) is 6.53. The van der Waals surface area contributed by atoms with Crippen molar-refractivity contribution in [1.82, 2.24) is 14.8 Å². The van der Waals surface area contributed by atoms with Crippen LogP contribution in [0.2, 0.25) is 0 Å². The summed E-state index contributed by atoms with van der Waals surface area (Å²) < 4.78 is 23.4. The maximum Gasteiger partial charge on any atom is 0.254 e. The van der Waals surface area contributed by atoms with Crippen LogP contribution in [0.4, 0.5) is 0 Å². The molecule has 1 aromatic rings. The molecule has 1 unspecified atom stereocenters. The first-order valence-corrected chi connectivity index (χ1v) is 8.77. The fourth-order valence-corrected chi connectivity index (χ4v) is 4.17. The summed E-state index contributed by atoms with van der Waals surface area (Å²) >= 11 is 0. The number of sulfone groups is 1. The normalized spacial score (nSPS) is 20.6. The lowest BCUT2D eigenvalue weighted by molar-refractivity contribution is 0.0683. The number of carbonyl (C=O) groups excluding carboxylic acids is 1. The highest BCUT2D eigenvalue weighted by Gasteiger charge is 2.34. The molecular weight excluding hydrogens is 290 g/mol. The van der Waals surface area contributed by atoms with E-state index in [2.05, 4.69) is 4.98 Å². The van der Waals surface area contributed by atoms with E-state index < -0.39 is 9.84 Å². The van der Waals surface area contributed by atoms with Gasteiger partial charge in [-0.2, -0.15) is 0 Å². The first kappa shape index (κ1) is 15.9. The van der Waals surface area contributed by atoms with Crippen molar-refractivity contribution in [2.45, 2.75) is 12.5 Å². The molecule has 7 heteroatoms. The van der Waals surface area contributed by atoms with E-state index in [9.17, 15) is 13.2 Å². The van der Waals surface area contributed by atoms with Crippen LogP contribution in [0.1, 0.15) is 16.8 Å². The molecule has 116 valence electrons. The highest BCUT2D eigenvalue weighted by molar-refractivity contribution is 7.91. The zero-order chi connectivity index (χ0) is 15.5. The summed E-state index contributed by atoms with van der Waals surface area (Å²) in [5, 5.41) is 0. The van der Waals surface area contributed by atoms with Crippen LogP contribution in [0.3, 0.4) is 0 Å². The number of aromatic nitrogens is 1. The van der Waals surface area contributed by atoms with E-state index >= 15 is 0 Å². The van der Waals surface area contributed by atoms with Gasteiger partial charge in [-0.25, -0.2) is 8.42 Å². The number of amides is 1. The van der Waals surface area contributed by atoms with Gasteiger partial charge in [-0.15, -0.1) is 0 Å². The zero-order valence-electron chi connectivity index (χ0n) is 12.4. The lowest BCUT2D eigenvalue weighted by Gasteiger charge is -2.29. The van der Waals surface area contributed by atoms with E-state index in [0.717, 1.165) is 0 Å². The van der Waals surface area contributed by atoms with Crippen molar-refractivity contribution in [1.29, 1.82) is 0 Å². The van der Waals surface area contributed by atoms with E-state index in [-0.39, 0.29) is 23.5 Å². The van der Waals surface area contributed by atoms with Gasteiger partial charge < -0.3 is 9.80 Å². The molecule has 2 rings (SSSR count). The summed E-state index contributed by atoms with van der Waals surface area (Å²) in [6.07, 6.45) is 3.66. The summed E-state index contributed by atoms with van der Waals surface area (Å²) in [6, 6.07) is 3.10. The van der Waals surface area contributed by atoms with Crippen molar-refractivity contribution in [2.75, 3.05) is 38.7 Å². The Hall–Kier alpha value is -1.47. The molecule has 2 heterocycles. The largest absolute Gasteiger partial charge is 0.333 e. The Balaban J connectivity index is 2.18. The van der Waals surface area contributed by atoms with Gasteiger partial charge in [-0.05, 0) is 32.6 Å². The topological polar surface area (TPSA) is 70.6 Å². The Kier molecular flexibility index (Phi) is 4.95. The second-order valence-electron chi connectivity index (χ2n) is 5.59. The number of rotatable bonds is 5. The molecule has 0 bridgehead atoms. The van der Waals surface area contributed by atoms with Crippen molar-refractivity contribution in [3.8, 4) is 0 Å². The maximum absolute atomic E-state index is 12.6. The molecule has 21 heavy (non-hydrogen) atoms. The van der Waals surface area contributed by atoms with E-state index in [1.807, 2.05) is 19.0 Å². The van der Waals surface area contributed by atoms with Gasteiger partial charge in [0.25, 0.3) is 5.91 Å². The van der Waals surface area contributed by atoms with Crippen molar-refractivity contribution < 1.29 is 13.2 Å². The van der Waals surface area contributed by atoms with E-state index in [0.29, 0.717) is 25.1 Å². The number of hydrogen-bond acceptors (Lipinski definition) is 5. The summed E-state index contributed by atoms with van der Waals surface area (Å²) in [5.41, 5.74) is 0.549. The second-order valence-corrected chi connectivity index (χ2v) is 7.82. The fourth-order valence-electron chi connectivity index (χ4n) is 2.44. The lowest BCUT2D eigenvalue weighted by Crippen LogP contribution is -2.44. The Morgan fingerprint density at radius 2 is 1.95 bits per heavy atom. The van der Waals surface area contributed by atoms with E-state index in [4.69, 9.17) is 0 Å². The van der Waals surface area contributed by atoms with Crippen molar-refractivity contribution in [3.05, 3.63) is 30.1 Å². The van der Waals surface area contributed by atoms with Gasteiger partial charge in [0.1, 0.15) is 0 Å². The number of hydrogen-bond donors (Lipinski definition) is 0. The van der Waals surface area contributed by atoms with Crippen LogP contribution in [-0.4, -0.2) is 73.8 Å². The van der Waals surface area contributed by atoms with Crippen LogP contribution in [0, 0.1) is 0 Å². The summed E-state index contributed by atoms with van der Waals surface area (Å²) in [5.74, 6) is 0.109. The van der Waals surface area contributed by atoms with Crippen LogP contribution in [0.5, 0.6) is 0 Å². The first-order chi connectivity index (χ1) is 9.89. The third kappa shape index (κ3) is 4.25. The molecule has 1 aliphatic heterocycles. The van der Waals surface area contributed by atoms with Crippen LogP contribution < -0.4 is 0 Å². The number of nitrogens with zero attached hydrogens (tertiary/aromatic N) is 3. The van der Waals surface area contributed by atoms with Gasteiger partial charge in [0.15, 0.2) is 9.84 Å². The smallest absolute Gasteiger partial charge is 0.254 e. The quantitative estimate of drug-likeness (QED) is 0.781. The standard InChI is InChI=1S/C14H21N3O3S/c1-16(2)8-9-17(13-5-10-21(19,20)11-13)14(18)12-3-6-15-7-4-12/h3-4,6-7,13H,5,8-11H2,1-2H3. The Bertz CT molecular complexity index is 587. The SMILES string of the molecule is CN(C)CCN(C(=O)c1ccncc1)C1CCS(=O)(=O)C1. The molecule has 0 aliphatic carbocycles. The molecule has 1 fully saturated rings. The highest BCUT2D eigenvalue weighted by atomic mass is 32.2. The summed E-state index contributed by atoms with van der Waals surface area (Å²) in [7, 11) is 0.847. The Labute approximate surface area is 125 Å². The minimum Gasteiger partial charge on any atom is -0.333 e. The van der Waals surface area contributed by atoms with Crippen molar-refractivity contribution in [2.24, 2.45) is 0 Å². The molecule has 0 N–H and O–H groups in total. The fraction of sp³-hybridized carbons (Fsp3) is 0.571. The third-order valence-electron chi connectivity index (χ3n) is 3.63. The van der Waals surface area contributed by atoms with Crippen molar-refractivity contribution >= 4 is 15.7 Å². The predicted molar refractivity (Wildman–Crippen MR) is 80.9 cm³/mol. The Morgan fingerprint density at radius 3 is 2.48 bits per heavy atom. The van der Waals surface area contributed by atoms with Gasteiger partial charge in [0.2, 0.25) is 0 Å². The molecule has 0 radical (unpaired) electrons. The monoisotopic (exact) mass is 311 g/mol. The van der Waals surface area contributed by atoms with Crippen LogP contribution in [-0.2, 0) is 9.84 Å². The average molecular weight is 311 g/mol. The molecule has 1 aliphatic rings. The van der Waals surface area contributed by atoms with E-state index in [1.165, 1.54) is 0 Å². The number of carbonyl (C=O) groups is 1. The minimum atomic E-state index is -3.01. The molecule has 0 saturated carbocycles. The minimum absolute atomic E-state index is 0.0667. The van der Waals surface area contributed by atoms with Crippen LogP contribution in [0.15, 0.2) is 24.5 Å². The predicted octanol–water partition coefficient (Wildman–Crippen LogP) is 0.273.